The second-order valence-corrected chi connectivity index (χ2v) is 10.3. The molecule has 5 aromatic rings. The Morgan fingerprint density at radius 2 is 1.88 bits per heavy atom. The Morgan fingerprint density at radius 1 is 1.07 bits per heavy atom. The number of pyridine rings is 1. The third-order valence-corrected chi connectivity index (χ3v) is 6.94. The lowest BCUT2D eigenvalue weighted by Crippen LogP contribution is -2.13. The van der Waals surface area contributed by atoms with Gasteiger partial charge in [0.2, 0.25) is 0 Å². The van der Waals surface area contributed by atoms with Crippen LogP contribution in [0.15, 0.2) is 67.0 Å². The number of fused-ring (bicyclic) bond motifs is 1. The number of benzene rings is 3. The highest BCUT2D eigenvalue weighted by molar-refractivity contribution is 6.36. The minimum Gasteiger partial charge on any atom is -0.392 e. The summed E-state index contributed by atoms with van der Waals surface area (Å²) in [5.41, 5.74) is 4.61. The number of hydrogen-bond acceptors (Lipinski definition) is 7. The van der Waals surface area contributed by atoms with E-state index in [0.29, 0.717) is 38.7 Å². The highest BCUT2D eigenvalue weighted by atomic mass is 35.5. The Bertz CT molecular complexity index is 1750. The molecule has 202 valence electrons. The van der Waals surface area contributed by atoms with E-state index in [1.807, 2.05) is 50.4 Å². The van der Waals surface area contributed by atoms with Gasteiger partial charge in [0.05, 0.1) is 45.7 Å². The van der Waals surface area contributed by atoms with Gasteiger partial charge in [0.25, 0.3) is 0 Å². The molecule has 0 saturated carbocycles. The van der Waals surface area contributed by atoms with Crippen molar-refractivity contribution >= 4 is 51.2 Å². The lowest BCUT2D eigenvalue weighted by Gasteiger charge is -2.20. The molecule has 0 bridgehead atoms. The summed E-state index contributed by atoms with van der Waals surface area (Å²) in [4.78, 5) is 4.41. The summed E-state index contributed by atoms with van der Waals surface area (Å²) >= 11 is 12.7. The Balaban J connectivity index is 1.62. The zero-order valence-electron chi connectivity index (χ0n) is 21.5. The van der Waals surface area contributed by atoms with E-state index in [-0.39, 0.29) is 23.2 Å². The second-order valence-electron chi connectivity index (χ2n) is 9.46. The molecule has 0 saturated heterocycles. The van der Waals surface area contributed by atoms with Crippen LogP contribution < -0.4 is 10.6 Å². The molecule has 1 atom stereocenters. The van der Waals surface area contributed by atoms with Gasteiger partial charge in [0.1, 0.15) is 17.6 Å². The number of aliphatic hydroxyl groups excluding tert-OH is 1. The van der Waals surface area contributed by atoms with Crippen molar-refractivity contribution in [2.75, 3.05) is 10.6 Å². The second kappa shape index (κ2) is 11.5. The number of anilines is 3. The summed E-state index contributed by atoms with van der Waals surface area (Å²) in [7, 11) is 0. The summed E-state index contributed by atoms with van der Waals surface area (Å²) in [5.74, 6) is -0.549. The molecule has 1 unspecified atom stereocenters. The van der Waals surface area contributed by atoms with Crippen molar-refractivity contribution in [1.29, 1.82) is 5.26 Å². The van der Waals surface area contributed by atoms with E-state index in [9.17, 15) is 14.8 Å². The lowest BCUT2D eigenvalue weighted by atomic mass is 10.0. The predicted molar refractivity (Wildman–Crippen MR) is 154 cm³/mol. The Labute approximate surface area is 240 Å². The van der Waals surface area contributed by atoms with Gasteiger partial charge < -0.3 is 15.7 Å². The first-order valence-corrected chi connectivity index (χ1v) is 13.2. The molecule has 0 spiro atoms. The standard InChI is InChI=1S/C29H24Cl2FN7O/c1-16(2)39-14-26(37-38-39)28(18-5-3-4-17(8-18)15-40)36-21-9-22-27(35-20-6-7-25(32)23(30)10-20)19(12-33)13-34-29(22)24(31)11-21/h3-11,13-14,16,28,36,40H,15H2,1-2H3,(H,34,35). The molecule has 0 aliphatic heterocycles. The summed E-state index contributed by atoms with van der Waals surface area (Å²) in [6, 6.07) is 17.2. The summed E-state index contributed by atoms with van der Waals surface area (Å²) in [6.07, 6.45) is 3.30. The van der Waals surface area contributed by atoms with Crippen molar-refractivity contribution in [2.45, 2.75) is 32.5 Å². The molecule has 3 N–H and O–H groups in total. The van der Waals surface area contributed by atoms with Crippen LogP contribution in [0.4, 0.5) is 21.5 Å². The van der Waals surface area contributed by atoms with Gasteiger partial charge in [-0.3, -0.25) is 4.98 Å². The number of nitrogens with zero attached hydrogens (tertiary/aromatic N) is 5. The van der Waals surface area contributed by atoms with Crippen molar-refractivity contribution in [3.63, 3.8) is 0 Å². The number of aliphatic hydroxyl groups is 1. The third kappa shape index (κ3) is 5.56. The minimum atomic E-state index is -0.549. The van der Waals surface area contributed by atoms with Crippen LogP contribution in [0, 0.1) is 17.1 Å². The summed E-state index contributed by atoms with van der Waals surface area (Å²) in [6.45, 7) is 3.92. The quantitative estimate of drug-likeness (QED) is 0.180. The molecule has 0 aliphatic carbocycles. The van der Waals surface area contributed by atoms with E-state index in [4.69, 9.17) is 23.2 Å². The Hall–Kier alpha value is -4.23. The topological polar surface area (TPSA) is 112 Å². The summed E-state index contributed by atoms with van der Waals surface area (Å²) < 4.78 is 15.5. The van der Waals surface area contributed by atoms with E-state index in [2.05, 4.69) is 32.0 Å². The number of aromatic nitrogens is 4. The van der Waals surface area contributed by atoms with E-state index in [1.54, 1.807) is 10.7 Å². The zero-order chi connectivity index (χ0) is 28.4. The van der Waals surface area contributed by atoms with E-state index in [1.165, 1.54) is 24.4 Å². The van der Waals surface area contributed by atoms with E-state index < -0.39 is 11.9 Å². The Kier molecular flexibility index (Phi) is 7.85. The first-order chi connectivity index (χ1) is 19.3. The van der Waals surface area contributed by atoms with Crippen molar-refractivity contribution in [3.05, 3.63) is 105 Å². The van der Waals surface area contributed by atoms with Gasteiger partial charge in [0, 0.05) is 29.0 Å². The van der Waals surface area contributed by atoms with Gasteiger partial charge in [-0.25, -0.2) is 9.07 Å². The minimum absolute atomic E-state index is 0.0512. The molecular formula is C29H24Cl2FN7O. The van der Waals surface area contributed by atoms with Crippen LogP contribution in [0.5, 0.6) is 0 Å². The maximum Gasteiger partial charge on any atom is 0.141 e. The van der Waals surface area contributed by atoms with Crippen LogP contribution in [0.1, 0.15) is 48.3 Å². The fraction of sp³-hybridized carbons (Fsp3) is 0.172. The molecule has 2 heterocycles. The van der Waals surface area contributed by atoms with Crippen LogP contribution in [-0.2, 0) is 6.61 Å². The monoisotopic (exact) mass is 575 g/mol. The van der Waals surface area contributed by atoms with Crippen molar-refractivity contribution in [3.8, 4) is 6.07 Å². The highest BCUT2D eigenvalue weighted by Gasteiger charge is 2.21. The van der Waals surface area contributed by atoms with Gasteiger partial charge >= 0.3 is 0 Å². The number of rotatable bonds is 8. The normalized spacial score (nSPS) is 11.9. The number of nitriles is 1. The van der Waals surface area contributed by atoms with Gasteiger partial charge in [-0.05, 0) is 55.3 Å². The fourth-order valence-corrected chi connectivity index (χ4v) is 4.77. The van der Waals surface area contributed by atoms with Crippen molar-refractivity contribution in [1.82, 2.24) is 20.0 Å². The van der Waals surface area contributed by atoms with Crippen LogP contribution in [0.2, 0.25) is 10.0 Å². The smallest absolute Gasteiger partial charge is 0.141 e. The number of nitrogens with one attached hydrogen (secondary N) is 2. The van der Waals surface area contributed by atoms with Crippen LogP contribution in [0.25, 0.3) is 10.9 Å². The SMILES string of the molecule is CC(C)n1cc(C(Nc2cc(Cl)c3ncc(C#N)c(Nc4ccc(F)c(Cl)c4)c3c2)c2cccc(CO)c2)nn1. The highest BCUT2D eigenvalue weighted by Crippen LogP contribution is 2.37. The molecule has 0 fully saturated rings. The van der Waals surface area contributed by atoms with Crippen molar-refractivity contribution in [2.24, 2.45) is 0 Å². The lowest BCUT2D eigenvalue weighted by molar-refractivity contribution is 0.281. The molecule has 40 heavy (non-hydrogen) atoms. The number of hydrogen-bond donors (Lipinski definition) is 3. The maximum atomic E-state index is 13.8. The predicted octanol–water partition coefficient (Wildman–Crippen LogP) is 7.16. The molecular weight excluding hydrogens is 552 g/mol. The fourth-order valence-electron chi connectivity index (χ4n) is 4.32. The molecule has 2 aromatic heterocycles. The molecule has 8 nitrogen and oxygen atoms in total. The number of halogens is 3. The average molecular weight is 576 g/mol. The molecule has 0 radical (unpaired) electrons. The van der Waals surface area contributed by atoms with E-state index in [0.717, 1.165) is 11.1 Å². The van der Waals surface area contributed by atoms with Crippen LogP contribution >= 0.6 is 23.2 Å². The molecule has 11 heteroatoms. The van der Waals surface area contributed by atoms with Gasteiger partial charge in [0.15, 0.2) is 0 Å². The van der Waals surface area contributed by atoms with Crippen LogP contribution in [0.3, 0.4) is 0 Å². The van der Waals surface area contributed by atoms with Gasteiger partial charge in [-0.2, -0.15) is 5.26 Å². The molecule has 0 aliphatic rings. The molecule has 0 amide bonds. The van der Waals surface area contributed by atoms with Gasteiger partial charge in [-0.15, -0.1) is 5.10 Å². The molecule has 5 rings (SSSR count). The first-order valence-electron chi connectivity index (χ1n) is 12.4. The van der Waals surface area contributed by atoms with Crippen molar-refractivity contribution < 1.29 is 9.50 Å². The summed E-state index contributed by atoms with van der Waals surface area (Å²) in [5, 5.41) is 35.8. The first kappa shape index (κ1) is 27.3. The zero-order valence-corrected chi connectivity index (χ0v) is 23.0. The Morgan fingerprint density at radius 3 is 2.58 bits per heavy atom. The van der Waals surface area contributed by atoms with Crippen LogP contribution in [-0.4, -0.2) is 25.1 Å². The van der Waals surface area contributed by atoms with E-state index >= 15 is 0 Å². The third-order valence-electron chi connectivity index (χ3n) is 6.37. The average Bonchev–Trinajstić information content (AvgIpc) is 3.44. The maximum absolute atomic E-state index is 13.8. The van der Waals surface area contributed by atoms with Gasteiger partial charge in [-0.1, -0.05) is 52.7 Å². The molecule has 3 aromatic carbocycles. The largest absolute Gasteiger partial charge is 0.392 e.